The summed E-state index contributed by atoms with van der Waals surface area (Å²) in [5, 5.41) is 7.00. The zero-order chi connectivity index (χ0) is 18.1. The zero-order valence-corrected chi connectivity index (χ0v) is 14.2. The average molecular weight is 338 g/mol. The second-order valence-corrected chi connectivity index (χ2v) is 5.87. The zero-order valence-electron chi connectivity index (χ0n) is 14.2. The van der Waals surface area contributed by atoms with Crippen molar-refractivity contribution in [1.29, 1.82) is 0 Å². The first-order valence-electron chi connectivity index (χ1n) is 7.74. The molecule has 0 bridgehead atoms. The predicted octanol–water partition coefficient (Wildman–Crippen LogP) is 1.33. The lowest BCUT2D eigenvalue weighted by Gasteiger charge is -2.10. The van der Waals surface area contributed by atoms with Gasteiger partial charge < -0.3 is 11.1 Å². The number of carbonyl (C=O) groups excluding carboxylic acids is 2. The van der Waals surface area contributed by atoms with Crippen LogP contribution < -0.4 is 11.1 Å². The highest BCUT2D eigenvalue weighted by Crippen LogP contribution is 2.19. The smallest absolute Gasteiger partial charge is 0.252 e. The molecule has 0 spiro atoms. The first kappa shape index (κ1) is 16.6. The summed E-state index contributed by atoms with van der Waals surface area (Å²) in [7, 11) is 0. The second-order valence-electron chi connectivity index (χ2n) is 5.87. The van der Waals surface area contributed by atoms with Crippen LogP contribution in [0.2, 0.25) is 0 Å². The van der Waals surface area contributed by atoms with Crippen molar-refractivity contribution in [2.45, 2.75) is 27.2 Å². The molecule has 3 rings (SSSR count). The fraction of sp³-hybridized carbons (Fsp3) is 0.235. The highest BCUT2D eigenvalue weighted by molar-refractivity contribution is 6.04. The Hall–Kier alpha value is -3.29. The van der Waals surface area contributed by atoms with E-state index in [1.807, 2.05) is 19.9 Å². The van der Waals surface area contributed by atoms with Crippen molar-refractivity contribution in [3.05, 3.63) is 52.6 Å². The van der Waals surface area contributed by atoms with Crippen LogP contribution in [-0.2, 0) is 11.2 Å². The van der Waals surface area contributed by atoms with Crippen LogP contribution in [0.25, 0.3) is 5.78 Å². The standard InChI is InChI=1S/C17H18N6O2/c1-9-5-4-6-12(15(9)16(18)25)20-14(24)8-13-21-17-19-10(2)7-11(3)23(17)22-13/h4-7H,8H2,1-3H3,(H2,18,25)(H,20,24). The van der Waals surface area contributed by atoms with Gasteiger partial charge in [-0.1, -0.05) is 12.1 Å². The van der Waals surface area contributed by atoms with Crippen LogP contribution in [0.1, 0.15) is 33.1 Å². The molecular formula is C17H18N6O2. The third-order valence-electron chi connectivity index (χ3n) is 3.77. The molecule has 8 heteroatoms. The van der Waals surface area contributed by atoms with Crippen LogP contribution in [-0.4, -0.2) is 31.4 Å². The second kappa shape index (κ2) is 6.31. The summed E-state index contributed by atoms with van der Waals surface area (Å²) in [6, 6.07) is 7.03. The Balaban J connectivity index is 1.83. The van der Waals surface area contributed by atoms with E-state index in [2.05, 4.69) is 20.4 Å². The van der Waals surface area contributed by atoms with Gasteiger partial charge in [0.05, 0.1) is 17.7 Å². The molecule has 8 nitrogen and oxygen atoms in total. The maximum atomic E-state index is 12.3. The number of nitrogens with two attached hydrogens (primary N) is 1. The molecule has 0 atom stereocenters. The van der Waals surface area contributed by atoms with Gasteiger partial charge in [0.25, 0.3) is 11.7 Å². The lowest BCUT2D eigenvalue weighted by molar-refractivity contribution is -0.115. The van der Waals surface area contributed by atoms with Gasteiger partial charge in [-0.2, -0.15) is 4.98 Å². The molecule has 0 unspecified atom stereocenters. The number of benzene rings is 1. The Kier molecular flexibility index (Phi) is 4.18. The lowest BCUT2D eigenvalue weighted by Crippen LogP contribution is -2.20. The van der Waals surface area contributed by atoms with E-state index in [0.29, 0.717) is 28.4 Å². The number of aryl methyl sites for hydroxylation is 3. The number of anilines is 1. The molecule has 2 aromatic heterocycles. The van der Waals surface area contributed by atoms with E-state index in [4.69, 9.17) is 5.73 Å². The third kappa shape index (κ3) is 3.32. The largest absolute Gasteiger partial charge is 0.366 e. The number of aromatic nitrogens is 4. The molecule has 0 saturated carbocycles. The maximum absolute atomic E-state index is 12.3. The van der Waals surface area contributed by atoms with Crippen LogP contribution in [0.15, 0.2) is 24.3 Å². The number of hydrogen-bond donors (Lipinski definition) is 2. The lowest BCUT2D eigenvalue weighted by atomic mass is 10.1. The van der Waals surface area contributed by atoms with E-state index in [1.165, 1.54) is 0 Å². The molecule has 0 saturated heterocycles. The van der Waals surface area contributed by atoms with Crippen LogP contribution >= 0.6 is 0 Å². The van der Waals surface area contributed by atoms with E-state index < -0.39 is 5.91 Å². The van der Waals surface area contributed by atoms with Gasteiger partial charge in [0.2, 0.25) is 5.91 Å². The van der Waals surface area contributed by atoms with Gasteiger partial charge in [-0.05, 0) is 38.5 Å². The molecule has 128 valence electrons. The quantitative estimate of drug-likeness (QED) is 0.744. The van der Waals surface area contributed by atoms with Gasteiger partial charge in [-0.25, -0.2) is 9.50 Å². The molecule has 0 aliphatic carbocycles. The van der Waals surface area contributed by atoms with Crippen molar-refractivity contribution in [2.24, 2.45) is 5.73 Å². The van der Waals surface area contributed by atoms with E-state index in [1.54, 1.807) is 29.6 Å². The number of rotatable bonds is 4. The topological polar surface area (TPSA) is 115 Å². The van der Waals surface area contributed by atoms with Crippen LogP contribution in [0.5, 0.6) is 0 Å². The van der Waals surface area contributed by atoms with Gasteiger partial charge in [0.1, 0.15) is 0 Å². The predicted molar refractivity (Wildman–Crippen MR) is 92.3 cm³/mol. The molecule has 3 N–H and O–H groups in total. The molecule has 0 fully saturated rings. The summed E-state index contributed by atoms with van der Waals surface area (Å²) < 4.78 is 1.59. The Morgan fingerprint density at radius 1 is 1.20 bits per heavy atom. The first-order chi connectivity index (χ1) is 11.8. The normalized spacial score (nSPS) is 10.8. The van der Waals surface area contributed by atoms with Crippen LogP contribution in [0, 0.1) is 20.8 Å². The van der Waals surface area contributed by atoms with Crippen LogP contribution in [0.4, 0.5) is 5.69 Å². The number of carbonyl (C=O) groups is 2. The minimum atomic E-state index is -0.588. The maximum Gasteiger partial charge on any atom is 0.252 e. The monoisotopic (exact) mass is 338 g/mol. The summed E-state index contributed by atoms with van der Waals surface area (Å²) in [4.78, 5) is 32.5. The molecule has 0 radical (unpaired) electrons. The van der Waals surface area contributed by atoms with E-state index in [0.717, 1.165) is 11.4 Å². The van der Waals surface area contributed by atoms with Gasteiger partial charge in [0.15, 0.2) is 5.82 Å². The fourth-order valence-corrected chi connectivity index (χ4v) is 2.72. The van der Waals surface area contributed by atoms with E-state index >= 15 is 0 Å². The Labute approximate surface area is 144 Å². The van der Waals surface area contributed by atoms with Crippen molar-refractivity contribution < 1.29 is 9.59 Å². The minimum absolute atomic E-state index is 0.0337. The number of fused-ring (bicyclic) bond motifs is 1. The van der Waals surface area contributed by atoms with Crippen molar-refractivity contribution >= 4 is 23.3 Å². The van der Waals surface area contributed by atoms with Gasteiger partial charge in [-0.3, -0.25) is 9.59 Å². The van der Waals surface area contributed by atoms with Gasteiger partial charge >= 0.3 is 0 Å². The number of hydrogen-bond acceptors (Lipinski definition) is 5. The summed E-state index contributed by atoms with van der Waals surface area (Å²) >= 11 is 0. The highest BCUT2D eigenvalue weighted by Gasteiger charge is 2.16. The molecule has 2 heterocycles. The van der Waals surface area contributed by atoms with Crippen molar-refractivity contribution in [3.8, 4) is 0 Å². The average Bonchev–Trinajstić information content (AvgIpc) is 2.89. The van der Waals surface area contributed by atoms with E-state index in [-0.39, 0.29) is 12.3 Å². The molecule has 3 aromatic rings. The van der Waals surface area contributed by atoms with Crippen molar-refractivity contribution in [3.63, 3.8) is 0 Å². The Morgan fingerprint density at radius 2 is 1.96 bits per heavy atom. The molecular weight excluding hydrogens is 320 g/mol. The summed E-state index contributed by atoms with van der Waals surface area (Å²) in [5.74, 6) is -0.117. The number of primary amides is 1. The van der Waals surface area contributed by atoms with Crippen LogP contribution in [0.3, 0.4) is 0 Å². The Morgan fingerprint density at radius 3 is 2.68 bits per heavy atom. The van der Waals surface area contributed by atoms with Crippen molar-refractivity contribution in [1.82, 2.24) is 19.6 Å². The summed E-state index contributed by atoms with van der Waals surface area (Å²) in [6.07, 6.45) is -0.0337. The van der Waals surface area contributed by atoms with Gasteiger partial charge in [0, 0.05) is 11.4 Å². The summed E-state index contributed by atoms with van der Waals surface area (Å²) in [5.41, 5.74) is 8.50. The molecule has 2 amide bonds. The van der Waals surface area contributed by atoms with Gasteiger partial charge in [-0.15, -0.1) is 5.10 Å². The number of amides is 2. The first-order valence-corrected chi connectivity index (χ1v) is 7.74. The third-order valence-corrected chi connectivity index (χ3v) is 3.77. The molecule has 0 aliphatic rings. The number of nitrogens with one attached hydrogen (secondary N) is 1. The fourth-order valence-electron chi connectivity index (χ4n) is 2.72. The van der Waals surface area contributed by atoms with E-state index in [9.17, 15) is 9.59 Å². The molecule has 1 aromatic carbocycles. The number of nitrogens with zero attached hydrogens (tertiary/aromatic N) is 4. The SMILES string of the molecule is Cc1cc(C)n2nc(CC(=O)Nc3cccc(C)c3C(N)=O)nc2n1. The minimum Gasteiger partial charge on any atom is -0.366 e. The molecule has 25 heavy (non-hydrogen) atoms. The highest BCUT2D eigenvalue weighted by atomic mass is 16.2. The Bertz CT molecular complexity index is 992. The van der Waals surface area contributed by atoms with Crippen molar-refractivity contribution in [2.75, 3.05) is 5.32 Å². The molecule has 0 aliphatic heterocycles. The summed E-state index contributed by atoms with van der Waals surface area (Å²) in [6.45, 7) is 5.53.